The fraction of sp³-hybridized carbons (Fsp3) is 0.676. The van der Waals surface area contributed by atoms with Crippen LogP contribution >= 0.6 is 0 Å². The molecule has 0 amide bonds. The third-order valence-corrected chi connectivity index (χ3v) is 21.3. The lowest BCUT2D eigenvalue weighted by Gasteiger charge is -2.25. The number of rotatable bonds is 43. The smallest absolute Gasteiger partial charge is 0.309 e. The summed E-state index contributed by atoms with van der Waals surface area (Å²) in [4.78, 5) is 72.9. The number of carboxylic acid groups (broad SMARTS) is 6. The summed E-state index contributed by atoms with van der Waals surface area (Å²) in [6.45, 7) is 17.6. The average Bonchev–Trinajstić information content (AvgIpc) is 1.34. The Morgan fingerprint density at radius 3 is 1.03 bits per heavy atom. The second kappa shape index (κ2) is 30.1. The molecule has 3 saturated carbocycles. The summed E-state index contributed by atoms with van der Waals surface area (Å²) in [5, 5.41) is 59.9. The Hall–Kier alpha value is -5.52. The van der Waals surface area contributed by atoms with Crippen LogP contribution in [-0.2, 0) is 80.1 Å². The lowest BCUT2D eigenvalue weighted by atomic mass is 9.79. The maximum atomic E-state index is 12.4. The molecule has 3 fully saturated rings. The second-order valence-electron chi connectivity index (χ2n) is 29.2. The highest BCUT2D eigenvalue weighted by Crippen LogP contribution is 2.52. The van der Waals surface area contributed by atoms with E-state index >= 15 is 0 Å². The van der Waals surface area contributed by atoms with Crippen LogP contribution in [0.3, 0.4) is 0 Å². The summed E-state index contributed by atoms with van der Waals surface area (Å²) in [5.74, 6) is -4.42. The average molecular weight is 1190 g/mol. The van der Waals surface area contributed by atoms with Gasteiger partial charge in [-0.1, -0.05) is 88.1 Å². The van der Waals surface area contributed by atoms with Crippen molar-refractivity contribution >= 4 is 35.8 Å². The van der Waals surface area contributed by atoms with Gasteiger partial charge in [-0.05, 0) is 302 Å². The van der Waals surface area contributed by atoms with E-state index in [2.05, 4.69) is 51.1 Å². The minimum absolute atomic E-state index is 0.571. The minimum atomic E-state index is -0.826. The fourth-order valence-electron chi connectivity index (χ4n) is 13.6. The molecule has 3 aliphatic carbocycles. The lowest BCUT2D eigenvalue weighted by molar-refractivity contribution is -0.148. The van der Waals surface area contributed by atoms with Crippen LogP contribution in [0.1, 0.15) is 287 Å². The van der Waals surface area contributed by atoms with Crippen LogP contribution in [0, 0.1) is 53.3 Å². The topological polar surface area (TPSA) is 224 Å². The molecule has 0 unspecified atom stereocenters. The number of aryl methyl sites for hydroxylation is 4. The van der Waals surface area contributed by atoms with Gasteiger partial charge < -0.3 is 30.6 Å². The van der Waals surface area contributed by atoms with E-state index in [4.69, 9.17) is 0 Å². The summed E-state index contributed by atoms with van der Waals surface area (Å²) in [6.07, 6.45) is 27.6. The second-order valence-corrected chi connectivity index (χ2v) is 29.2. The summed E-state index contributed by atoms with van der Waals surface area (Å²) in [6, 6.07) is 11.6. The predicted octanol–water partition coefficient (Wildman–Crippen LogP) is 17.2. The summed E-state index contributed by atoms with van der Waals surface area (Å²) in [5.41, 5.74) is 12.6. The third-order valence-electron chi connectivity index (χ3n) is 21.3. The molecule has 6 rings (SSSR count). The Labute approximate surface area is 515 Å². The summed E-state index contributed by atoms with van der Waals surface area (Å²) >= 11 is 0. The van der Waals surface area contributed by atoms with E-state index in [0.717, 1.165) is 173 Å². The summed E-state index contributed by atoms with van der Waals surface area (Å²) in [7, 11) is 0. The van der Waals surface area contributed by atoms with Crippen LogP contribution in [-0.4, -0.2) is 66.5 Å². The Kier molecular flexibility index (Phi) is 24.4. The molecule has 0 bridgehead atoms. The monoisotopic (exact) mass is 1190 g/mol. The van der Waals surface area contributed by atoms with Crippen LogP contribution in [0.15, 0.2) is 30.3 Å². The molecule has 0 radical (unpaired) electrons. The largest absolute Gasteiger partial charge is 0.481 e. The quantitative estimate of drug-likeness (QED) is 0.0291. The number of benzene rings is 3. The number of carbonyl (C=O) groups is 6. The molecule has 6 N–H and O–H groups in total. The molecular weight excluding hydrogens is 1080 g/mol. The van der Waals surface area contributed by atoms with Crippen molar-refractivity contribution in [3.63, 3.8) is 0 Å². The van der Waals surface area contributed by atoms with Crippen molar-refractivity contribution in [3.8, 4) is 0 Å². The van der Waals surface area contributed by atoms with E-state index in [-0.39, 0.29) is 0 Å². The van der Waals surface area contributed by atoms with Crippen molar-refractivity contribution in [1.29, 1.82) is 0 Å². The first kappa shape index (κ1) is 69.6. The maximum absolute atomic E-state index is 12.4. The first-order chi connectivity index (χ1) is 40.5. The third kappa shape index (κ3) is 18.8. The Balaban J connectivity index is 1.43. The van der Waals surface area contributed by atoms with Gasteiger partial charge in [-0.3, -0.25) is 28.8 Å². The van der Waals surface area contributed by atoms with Crippen LogP contribution in [0.25, 0.3) is 0 Å². The van der Waals surface area contributed by atoms with Crippen LogP contribution in [0.4, 0.5) is 0 Å². The van der Waals surface area contributed by atoms with E-state index in [1.165, 1.54) is 72.3 Å². The molecule has 3 aromatic rings. The summed E-state index contributed by atoms with van der Waals surface area (Å²) < 4.78 is 0. The highest BCUT2D eigenvalue weighted by Gasteiger charge is 2.51. The number of hydrogen-bond donors (Lipinski definition) is 6. The molecule has 0 spiro atoms. The van der Waals surface area contributed by atoms with Gasteiger partial charge in [0, 0.05) is 0 Å². The van der Waals surface area contributed by atoms with Gasteiger partial charge in [0.05, 0.1) is 32.5 Å². The van der Waals surface area contributed by atoms with Gasteiger partial charge in [0.1, 0.15) is 0 Å². The van der Waals surface area contributed by atoms with Gasteiger partial charge in [-0.25, -0.2) is 0 Å². The first-order valence-electron chi connectivity index (χ1n) is 33.2. The van der Waals surface area contributed by atoms with Crippen molar-refractivity contribution < 1.29 is 59.4 Å². The minimum Gasteiger partial charge on any atom is -0.481 e. The molecule has 0 saturated heterocycles. The van der Waals surface area contributed by atoms with Gasteiger partial charge in [0.2, 0.25) is 0 Å². The SMILES string of the molecule is Cc1c(CCCCC2(C(=O)O)CC2)cc(Cc2c(CCCCCC(C)(C)C(=O)O)cc(Cc3c(CCCCCC(C)(C)C(=O)O)cccc3CCCCC3(C(=O)O)CC3)c(C)c2CCCCC2(C(=O)O)CC2)c(C)c1CCCCCC(C)(C)C(=O)O. The molecule has 3 aliphatic rings. The van der Waals surface area contributed by atoms with Gasteiger partial charge in [-0.15, -0.1) is 0 Å². The number of aliphatic carboxylic acids is 6. The zero-order chi connectivity index (χ0) is 63.3. The molecule has 476 valence electrons. The Morgan fingerprint density at radius 1 is 0.349 bits per heavy atom. The van der Waals surface area contributed by atoms with E-state index in [1.807, 2.05) is 0 Å². The number of carboxylic acids is 6. The zero-order valence-corrected chi connectivity index (χ0v) is 54.3. The maximum Gasteiger partial charge on any atom is 0.309 e. The van der Waals surface area contributed by atoms with Crippen molar-refractivity contribution in [1.82, 2.24) is 0 Å². The highest BCUT2D eigenvalue weighted by molar-refractivity contribution is 5.79. The van der Waals surface area contributed by atoms with E-state index in [9.17, 15) is 59.4 Å². The molecular formula is C74H108O12. The molecule has 12 heteroatoms. The standard InChI is InChI=1S/C74H108O12/c1-50-55(28-17-23-38-73(42-43-73)67(83)84)46-57(51(2)59(50)32-15-12-21-36-71(8,9)65(79)80)49-62-56(29-14-11-20-35-70(6,7)64(77)78)47-58(52(3)60(62)33-18-24-39-74(44-45-74)68(85)86)48-61-53(26-13-10-19-34-69(4,5)63(75)76)30-25-31-54(61)27-16-22-37-72(40-41-72)66(81)82/h25,30-31,46-47H,10-24,26-29,32-45,48-49H2,1-9H3,(H,75,76)(H,77,78)(H,79,80)(H,81,82)(H,83,84)(H,85,86). The predicted molar refractivity (Wildman–Crippen MR) is 340 cm³/mol. The number of unbranched alkanes of at least 4 members (excludes halogenated alkanes) is 9. The van der Waals surface area contributed by atoms with Crippen LogP contribution in [0.2, 0.25) is 0 Å². The highest BCUT2D eigenvalue weighted by atomic mass is 16.4. The van der Waals surface area contributed by atoms with Crippen LogP contribution in [0.5, 0.6) is 0 Å². The first-order valence-corrected chi connectivity index (χ1v) is 33.2. The molecule has 0 aliphatic heterocycles. The normalized spacial score (nSPS) is 15.8. The molecule has 0 atom stereocenters. The van der Waals surface area contributed by atoms with Crippen LogP contribution < -0.4 is 0 Å². The van der Waals surface area contributed by atoms with E-state index < -0.39 is 68.3 Å². The Bertz CT molecular complexity index is 2870. The molecule has 3 aromatic carbocycles. The number of hydrogen-bond acceptors (Lipinski definition) is 6. The lowest BCUT2D eigenvalue weighted by Crippen LogP contribution is -2.23. The van der Waals surface area contributed by atoms with Gasteiger partial charge in [0.15, 0.2) is 0 Å². The van der Waals surface area contributed by atoms with Gasteiger partial charge in [0.25, 0.3) is 0 Å². The fourth-order valence-corrected chi connectivity index (χ4v) is 13.6. The van der Waals surface area contributed by atoms with Crippen molar-refractivity contribution in [3.05, 3.63) is 103 Å². The van der Waals surface area contributed by atoms with Crippen molar-refractivity contribution in [2.75, 3.05) is 0 Å². The molecule has 86 heavy (non-hydrogen) atoms. The van der Waals surface area contributed by atoms with E-state index in [1.54, 1.807) is 41.5 Å². The zero-order valence-electron chi connectivity index (χ0n) is 54.3. The van der Waals surface area contributed by atoms with E-state index in [0.29, 0.717) is 51.4 Å². The van der Waals surface area contributed by atoms with Gasteiger partial charge >= 0.3 is 35.8 Å². The molecule has 12 nitrogen and oxygen atoms in total. The van der Waals surface area contributed by atoms with Crippen molar-refractivity contribution in [2.24, 2.45) is 32.5 Å². The van der Waals surface area contributed by atoms with Crippen molar-refractivity contribution in [2.45, 2.75) is 287 Å². The molecule has 0 heterocycles. The molecule has 0 aromatic heterocycles. The van der Waals surface area contributed by atoms with Gasteiger partial charge in [-0.2, -0.15) is 0 Å². The Morgan fingerprint density at radius 2 is 0.651 bits per heavy atom.